The maximum Gasteiger partial charge on any atom is 0.231 e. The lowest BCUT2D eigenvalue weighted by atomic mass is 10.0. The SMILES string of the molecule is CC(=O)NCc1c(F)cccc1-c1ccc2nc(NC(=O)[C@@H]3C[C@@H]3F)cn2c1. The largest absolute Gasteiger partial charge is 0.352 e. The second kappa shape index (κ2) is 7.03. The van der Waals surface area contributed by atoms with E-state index < -0.39 is 17.9 Å². The lowest BCUT2D eigenvalue weighted by Gasteiger charge is -2.11. The minimum Gasteiger partial charge on any atom is -0.352 e. The number of amides is 2. The fraction of sp³-hybridized carbons (Fsp3) is 0.250. The molecule has 144 valence electrons. The molecule has 0 saturated heterocycles. The number of alkyl halides is 1. The van der Waals surface area contributed by atoms with Crippen molar-refractivity contribution in [2.45, 2.75) is 26.1 Å². The van der Waals surface area contributed by atoms with E-state index in [9.17, 15) is 18.4 Å². The summed E-state index contributed by atoms with van der Waals surface area (Å²) >= 11 is 0. The van der Waals surface area contributed by atoms with Gasteiger partial charge < -0.3 is 15.0 Å². The molecular formula is C20H18F2N4O2. The number of aromatic nitrogens is 2. The average Bonchev–Trinajstić information content (AvgIpc) is 3.25. The molecule has 3 aromatic rings. The van der Waals surface area contributed by atoms with Gasteiger partial charge in [-0.2, -0.15) is 0 Å². The Morgan fingerprint density at radius 3 is 2.75 bits per heavy atom. The highest BCUT2D eigenvalue weighted by molar-refractivity contribution is 5.94. The van der Waals surface area contributed by atoms with Crippen LogP contribution < -0.4 is 10.6 Å². The van der Waals surface area contributed by atoms with Crippen LogP contribution >= 0.6 is 0 Å². The van der Waals surface area contributed by atoms with Gasteiger partial charge in [-0.1, -0.05) is 12.1 Å². The van der Waals surface area contributed by atoms with E-state index in [4.69, 9.17) is 0 Å². The summed E-state index contributed by atoms with van der Waals surface area (Å²) in [6.45, 7) is 1.45. The van der Waals surface area contributed by atoms with E-state index in [1.807, 2.05) is 0 Å². The highest BCUT2D eigenvalue weighted by Gasteiger charge is 2.43. The highest BCUT2D eigenvalue weighted by atomic mass is 19.1. The van der Waals surface area contributed by atoms with E-state index in [2.05, 4.69) is 15.6 Å². The van der Waals surface area contributed by atoms with Gasteiger partial charge in [-0.15, -0.1) is 0 Å². The van der Waals surface area contributed by atoms with Crippen molar-refractivity contribution in [3.05, 3.63) is 54.1 Å². The van der Waals surface area contributed by atoms with Crippen LogP contribution in [-0.2, 0) is 16.1 Å². The van der Waals surface area contributed by atoms with E-state index in [0.29, 0.717) is 22.6 Å². The molecule has 1 aliphatic rings. The van der Waals surface area contributed by atoms with Gasteiger partial charge in [0.15, 0.2) is 5.82 Å². The van der Waals surface area contributed by atoms with Crippen molar-refractivity contribution in [1.29, 1.82) is 0 Å². The molecule has 8 heteroatoms. The first-order valence-corrected chi connectivity index (χ1v) is 8.88. The molecule has 2 aromatic heterocycles. The summed E-state index contributed by atoms with van der Waals surface area (Å²) in [6, 6.07) is 8.26. The van der Waals surface area contributed by atoms with Crippen LogP contribution in [0.25, 0.3) is 16.8 Å². The van der Waals surface area contributed by atoms with Crippen molar-refractivity contribution in [3.8, 4) is 11.1 Å². The predicted molar refractivity (Wildman–Crippen MR) is 99.7 cm³/mol. The summed E-state index contributed by atoms with van der Waals surface area (Å²) in [6.07, 6.45) is 2.57. The number of halogens is 2. The number of anilines is 1. The predicted octanol–water partition coefficient (Wildman–Crippen LogP) is 3.07. The van der Waals surface area contributed by atoms with Crippen LogP contribution in [0.15, 0.2) is 42.7 Å². The van der Waals surface area contributed by atoms with Crippen LogP contribution in [0.5, 0.6) is 0 Å². The molecule has 0 bridgehead atoms. The second-order valence-corrected chi connectivity index (χ2v) is 6.83. The number of benzene rings is 1. The first-order valence-electron chi connectivity index (χ1n) is 8.88. The minimum absolute atomic E-state index is 0.0758. The van der Waals surface area contributed by atoms with E-state index >= 15 is 0 Å². The van der Waals surface area contributed by atoms with Crippen molar-refractivity contribution in [2.24, 2.45) is 5.92 Å². The van der Waals surface area contributed by atoms with Crippen LogP contribution in [0.4, 0.5) is 14.6 Å². The number of carbonyl (C=O) groups is 2. The smallest absolute Gasteiger partial charge is 0.231 e. The summed E-state index contributed by atoms with van der Waals surface area (Å²) in [5.41, 5.74) is 2.35. The van der Waals surface area contributed by atoms with Crippen LogP contribution in [-0.4, -0.2) is 27.4 Å². The number of carbonyl (C=O) groups excluding carboxylic acids is 2. The number of hydrogen-bond donors (Lipinski definition) is 2. The summed E-state index contributed by atoms with van der Waals surface area (Å²) in [4.78, 5) is 27.4. The Balaban J connectivity index is 1.64. The van der Waals surface area contributed by atoms with Crippen LogP contribution in [0.1, 0.15) is 18.9 Å². The molecule has 6 nitrogen and oxygen atoms in total. The molecule has 1 fully saturated rings. The number of rotatable bonds is 5. The molecule has 0 aliphatic heterocycles. The molecule has 1 aromatic carbocycles. The third kappa shape index (κ3) is 3.58. The third-order valence-corrected chi connectivity index (χ3v) is 4.70. The molecule has 28 heavy (non-hydrogen) atoms. The van der Waals surface area contributed by atoms with Crippen LogP contribution in [0.3, 0.4) is 0 Å². The maximum atomic E-state index is 14.3. The molecule has 4 rings (SSSR count). The van der Waals surface area contributed by atoms with Crippen molar-refractivity contribution in [3.63, 3.8) is 0 Å². The Hall–Kier alpha value is -3.29. The van der Waals surface area contributed by atoms with E-state index in [0.717, 1.165) is 5.56 Å². The van der Waals surface area contributed by atoms with Crippen molar-refractivity contribution < 1.29 is 18.4 Å². The molecule has 0 spiro atoms. The van der Waals surface area contributed by atoms with Crippen molar-refractivity contribution >= 4 is 23.3 Å². The highest BCUT2D eigenvalue weighted by Crippen LogP contribution is 2.34. The van der Waals surface area contributed by atoms with Gasteiger partial charge in [0.2, 0.25) is 11.8 Å². The first-order chi connectivity index (χ1) is 13.4. The lowest BCUT2D eigenvalue weighted by Crippen LogP contribution is -2.20. The van der Waals surface area contributed by atoms with Gasteiger partial charge in [-0.05, 0) is 35.7 Å². The van der Waals surface area contributed by atoms with E-state index in [1.165, 1.54) is 13.0 Å². The van der Waals surface area contributed by atoms with Crippen molar-refractivity contribution in [2.75, 3.05) is 5.32 Å². The Bertz CT molecular complexity index is 1080. The topological polar surface area (TPSA) is 75.5 Å². The third-order valence-electron chi connectivity index (χ3n) is 4.70. The lowest BCUT2D eigenvalue weighted by molar-refractivity contribution is -0.119. The van der Waals surface area contributed by atoms with Gasteiger partial charge in [-0.3, -0.25) is 9.59 Å². The Labute approximate surface area is 159 Å². The molecular weight excluding hydrogens is 366 g/mol. The number of pyridine rings is 1. The van der Waals surface area contributed by atoms with Gasteiger partial charge in [0.25, 0.3) is 0 Å². The fourth-order valence-corrected chi connectivity index (χ4v) is 3.09. The number of hydrogen-bond acceptors (Lipinski definition) is 3. The summed E-state index contributed by atoms with van der Waals surface area (Å²) in [7, 11) is 0. The van der Waals surface area contributed by atoms with Crippen molar-refractivity contribution in [1.82, 2.24) is 14.7 Å². The summed E-state index contributed by atoms with van der Waals surface area (Å²) < 4.78 is 29.0. The maximum absolute atomic E-state index is 14.3. The monoisotopic (exact) mass is 384 g/mol. The molecule has 2 N–H and O–H groups in total. The minimum atomic E-state index is -1.07. The number of imidazole rings is 1. The van der Waals surface area contributed by atoms with Gasteiger partial charge in [0.1, 0.15) is 17.6 Å². The molecule has 1 saturated carbocycles. The van der Waals surface area contributed by atoms with Crippen LogP contribution in [0.2, 0.25) is 0 Å². The molecule has 2 heterocycles. The zero-order valence-corrected chi connectivity index (χ0v) is 15.1. The molecule has 2 atom stereocenters. The fourth-order valence-electron chi connectivity index (χ4n) is 3.09. The summed E-state index contributed by atoms with van der Waals surface area (Å²) in [5.74, 6) is -1.29. The van der Waals surface area contributed by atoms with Gasteiger partial charge >= 0.3 is 0 Å². The van der Waals surface area contributed by atoms with Gasteiger partial charge in [-0.25, -0.2) is 13.8 Å². The molecule has 0 radical (unpaired) electrons. The number of nitrogens with zero attached hydrogens (tertiary/aromatic N) is 2. The number of nitrogens with one attached hydrogen (secondary N) is 2. The van der Waals surface area contributed by atoms with E-state index in [1.54, 1.807) is 41.1 Å². The van der Waals surface area contributed by atoms with Gasteiger partial charge in [0, 0.05) is 25.2 Å². The zero-order valence-electron chi connectivity index (χ0n) is 15.1. The first kappa shape index (κ1) is 18.1. The quantitative estimate of drug-likeness (QED) is 0.710. The molecule has 0 unspecified atom stereocenters. The Kier molecular flexibility index (Phi) is 4.54. The molecule has 2 amide bonds. The zero-order chi connectivity index (χ0) is 19.8. The van der Waals surface area contributed by atoms with Gasteiger partial charge in [0.05, 0.1) is 12.1 Å². The standard InChI is InChI=1S/C20H18F2N4O2/c1-11(27)23-8-15-13(3-2-4-16(15)21)12-5-6-19-24-18(10-26(19)9-12)25-20(28)14-7-17(14)22/h2-6,9-10,14,17H,7-8H2,1H3,(H,23,27)(H,25,28)/t14-,17+/m1/s1. The normalized spacial score (nSPS) is 18.1. The second-order valence-electron chi connectivity index (χ2n) is 6.83. The molecule has 1 aliphatic carbocycles. The average molecular weight is 384 g/mol. The van der Waals surface area contributed by atoms with Crippen LogP contribution in [0, 0.1) is 11.7 Å². The Morgan fingerprint density at radius 2 is 2.04 bits per heavy atom. The summed E-state index contributed by atoms with van der Waals surface area (Å²) in [5, 5.41) is 5.24. The van der Waals surface area contributed by atoms with E-state index in [-0.39, 0.29) is 24.8 Å². The number of fused-ring (bicyclic) bond motifs is 1. The Morgan fingerprint density at radius 1 is 1.25 bits per heavy atom.